The van der Waals surface area contributed by atoms with Gasteiger partial charge in [0.15, 0.2) is 11.5 Å². The number of amides is 1. The number of hydrogen-bond donors (Lipinski definition) is 1. The van der Waals surface area contributed by atoms with Crippen molar-refractivity contribution in [2.75, 3.05) is 5.32 Å². The minimum Gasteiger partial charge on any atom is -0.489 e. The van der Waals surface area contributed by atoms with Crippen LogP contribution in [0.3, 0.4) is 0 Å². The monoisotopic (exact) mass is 448 g/mol. The van der Waals surface area contributed by atoms with E-state index >= 15 is 0 Å². The summed E-state index contributed by atoms with van der Waals surface area (Å²) in [5, 5.41) is 6.90. The number of nitrogens with one attached hydrogen (secondary N) is 1. The van der Waals surface area contributed by atoms with Gasteiger partial charge in [0.05, 0.1) is 17.7 Å². The molecule has 7 nitrogen and oxygen atoms in total. The van der Waals surface area contributed by atoms with Gasteiger partial charge in [-0.1, -0.05) is 23.7 Å². The molecular formula is C26H28N2O5. The smallest absolute Gasteiger partial charge is 0.251 e. The van der Waals surface area contributed by atoms with E-state index in [2.05, 4.69) is 10.5 Å². The molecule has 3 aromatic rings. The van der Waals surface area contributed by atoms with Crippen LogP contribution in [0.25, 0.3) is 0 Å². The summed E-state index contributed by atoms with van der Waals surface area (Å²) in [6, 6.07) is 13.1. The molecule has 33 heavy (non-hydrogen) atoms. The quantitative estimate of drug-likeness (QED) is 0.537. The van der Waals surface area contributed by atoms with Gasteiger partial charge < -0.3 is 24.1 Å². The van der Waals surface area contributed by atoms with E-state index in [1.165, 1.54) is 6.42 Å². The summed E-state index contributed by atoms with van der Waals surface area (Å²) in [6.07, 6.45) is 5.52. The van der Waals surface area contributed by atoms with Crippen molar-refractivity contribution in [1.82, 2.24) is 5.16 Å². The van der Waals surface area contributed by atoms with Crippen molar-refractivity contribution < 1.29 is 23.5 Å². The second-order valence-corrected chi connectivity index (χ2v) is 8.80. The van der Waals surface area contributed by atoms with Crippen LogP contribution in [0.2, 0.25) is 0 Å². The number of hydrogen-bond acceptors (Lipinski definition) is 6. The molecule has 1 spiro atoms. The molecule has 0 unspecified atom stereocenters. The standard InChI is InChI=1S/C26H28N2O5/c1-17-22(18(2)33-28-17)16-30-21-9-6-19(7-10-21)14-25(29)27-20-8-11-23-24(15-20)32-26(31-23)12-4-3-5-13-26/h6-11,15H,3-5,12-14,16H2,1-2H3,(H,27,29). The van der Waals surface area contributed by atoms with Gasteiger partial charge in [0.1, 0.15) is 18.1 Å². The molecule has 1 aromatic heterocycles. The Balaban J connectivity index is 1.15. The topological polar surface area (TPSA) is 82.8 Å². The first-order chi connectivity index (χ1) is 16.0. The zero-order chi connectivity index (χ0) is 22.8. The fraction of sp³-hybridized carbons (Fsp3) is 0.385. The molecule has 1 aliphatic heterocycles. The van der Waals surface area contributed by atoms with Gasteiger partial charge in [-0.25, -0.2) is 0 Å². The zero-order valence-corrected chi connectivity index (χ0v) is 19.0. The van der Waals surface area contributed by atoms with E-state index in [4.69, 9.17) is 18.7 Å². The number of aromatic nitrogens is 1. The molecule has 5 rings (SSSR count). The average Bonchev–Trinajstić information content (AvgIpc) is 3.31. The highest BCUT2D eigenvalue weighted by molar-refractivity contribution is 5.92. The van der Waals surface area contributed by atoms with Crippen molar-refractivity contribution in [1.29, 1.82) is 0 Å². The van der Waals surface area contributed by atoms with Crippen molar-refractivity contribution in [3.63, 3.8) is 0 Å². The van der Waals surface area contributed by atoms with Gasteiger partial charge in [-0.15, -0.1) is 0 Å². The summed E-state index contributed by atoms with van der Waals surface area (Å²) >= 11 is 0. The highest BCUT2D eigenvalue weighted by Crippen LogP contribution is 2.46. The van der Waals surface area contributed by atoms with Gasteiger partial charge in [0, 0.05) is 24.6 Å². The van der Waals surface area contributed by atoms with E-state index in [9.17, 15) is 4.79 Å². The van der Waals surface area contributed by atoms with Gasteiger partial charge in [-0.05, 0) is 56.5 Å². The Morgan fingerprint density at radius 2 is 1.79 bits per heavy atom. The molecule has 1 saturated carbocycles. The largest absolute Gasteiger partial charge is 0.489 e. The normalized spacial score (nSPS) is 16.1. The lowest BCUT2D eigenvalue weighted by Gasteiger charge is -2.31. The Kier molecular flexibility index (Phi) is 5.70. The van der Waals surface area contributed by atoms with E-state index < -0.39 is 5.79 Å². The fourth-order valence-electron chi connectivity index (χ4n) is 4.42. The van der Waals surface area contributed by atoms with E-state index in [0.717, 1.165) is 59.8 Å². The first-order valence-corrected chi connectivity index (χ1v) is 11.5. The van der Waals surface area contributed by atoms with Crippen molar-refractivity contribution in [2.24, 2.45) is 0 Å². The summed E-state index contributed by atoms with van der Waals surface area (Å²) in [7, 11) is 0. The SMILES string of the molecule is Cc1noc(C)c1COc1ccc(CC(=O)Nc2ccc3c(c2)OC2(CCCCC2)O3)cc1. The summed E-state index contributed by atoms with van der Waals surface area (Å²) in [5.74, 6) is 2.34. The molecule has 1 fully saturated rings. The van der Waals surface area contributed by atoms with Crippen molar-refractivity contribution >= 4 is 11.6 Å². The Morgan fingerprint density at radius 3 is 2.52 bits per heavy atom. The molecular weight excluding hydrogens is 420 g/mol. The van der Waals surface area contributed by atoms with Crippen LogP contribution in [0.15, 0.2) is 47.0 Å². The number of carbonyl (C=O) groups is 1. The molecule has 2 heterocycles. The molecule has 2 aliphatic rings. The second-order valence-electron chi connectivity index (χ2n) is 8.80. The molecule has 1 amide bonds. The zero-order valence-electron chi connectivity index (χ0n) is 19.0. The molecule has 0 radical (unpaired) electrons. The molecule has 172 valence electrons. The van der Waals surface area contributed by atoms with Gasteiger partial charge in [0.2, 0.25) is 5.91 Å². The maximum Gasteiger partial charge on any atom is 0.251 e. The van der Waals surface area contributed by atoms with Gasteiger partial charge in [-0.3, -0.25) is 4.79 Å². The van der Waals surface area contributed by atoms with E-state index in [0.29, 0.717) is 18.0 Å². The van der Waals surface area contributed by atoms with Crippen LogP contribution in [0.5, 0.6) is 17.2 Å². The van der Waals surface area contributed by atoms with E-state index in [1.807, 2.05) is 56.3 Å². The third kappa shape index (κ3) is 4.67. The number of nitrogens with zero attached hydrogens (tertiary/aromatic N) is 1. The van der Waals surface area contributed by atoms with Crippen molar-refractivity contribution in [3.05, 3.63) is 65.0 Å². The lowest BCUT2D eigenvalue weighted by molar-refractivity contribution is -0.115. The second kappa shape index (κ2) is 8.81. The molecule has 0 bridgehead atoms. The maximum atomic E-state index is 12.6. The molecule has 1 N–H and O–H groups in total. The van der Waals surface area contributed by atoms with Gasteiger partial charge >= 0.3 is 0 Å². The van der Waals surface area contributed by atoms with E-state index in [-0.39, 0.29) is 12.3 Å². The first-order valence-electron chi connectivity index (χ1n) is 11.5. The van der Waals surface area contributed by atoms with Crippen LogP contribution in [-0.4, -0.2) is 16.9 Å². The Bertz CT molecular complexity index is 1130. The molecule has 7 heteroatoms. The number of fused-ring (bicyclic) bond motifs is 1. The number of carbonyl (C=O) groups excluding carboxylic acids is 1. The Labute approximate surface area is 193 Å². The summed E-state index contributed by atoms with van der Waals surface area (Å²) in [5.41, 5.74) is 3.39. The van der Waals surface area contributed by atoms with Crippen LogP contribution in [-0.2, 0) is 17.8 Å². The fourth-order valence-corrected chi connectivity index (χ4v) is 4.42. The number of ether oxygens (including phenoxy) is 3. The first kappa shape index (κ1) is 21.4. The average molecular weight is 449 g/mol. The number of anilines is 1. The predicted octanol–water partition coefficient (Wildman–Crippen LogP) is 5.48. The van der Waals surface area contributed by atoms with Gasteiger partial charge in [-0.2, -0.15) is 0 Å². The summed E-state index contributed by atoms with van der Waals surface area (Å²) in [6.45, 7) is 4.16. The Hall–Kier alpha value is -3.48. The molecule has 1 aliphatic carbocycles. The van der Waals surface area contributed by atoms with Crippen LogP contribution < -0.4 is 19.5 Å². The number of benzene rings is 2. The molecule has 2 aromatic carbocycles. The van der Waals surface area contributed by atoms with Crippen LogP contribution in [0.4, 0.5) is 5.69 Å². The van der Waals surface area contributed by atoms with Gasteiger partial charge in [0.25, 0.3) is 5.79 Å². The van der Waals surface area contributed by atoms with E-state index in [1.54, 1.807) is 0 Å². The van der Waals surface area contributed by atoms with Crippen LogP contribution >= 0.6 is 0 Å². The summed E-state index contributed by atoms with van der Waals surface area (Å²) in [4.78, 5) is 12.6. The molecule has 0 saturated heterocycles. The van der Waals surface area contributed by atoms with Crippen LogP contribution in [0, 0.1) is 13.8 Å². The Morgan fingerprint density at radius 1 is 1.03 bits per heavy atom. The highest BCUT2D eigenvalue weighted by Gasteiger charge is 2.42. The molecule has 0 atom stereocenters. The minimum absolute atomic E-state index is 0.0920. The maximum absolute atomic E-state index is 12.6. The predicted molar refractivity (Wildman–Crippen MR) is 123 cm³/mol. The third-order valence-electron chi connectivity index (χ3n) is 6.29. The minimum atomic E-state index is -0.515. The van der Waals surface area contributed by atoms with Crippen molar-refractivity contribution in [2.45, 2.75) is 64.8 Å². The highest BCUT2D eigenvalue weighted by atomic mass is 16.7. The van der Waals surface area contributed by atoms with Crippen molar-refractivity contribution in [3.8, 4) is 17.2 Å². The summed E-state index contributed by atoms with van der Waals surface area (Å²) < 4.78 is 23.3. The lowest BCUT2D eigenvalue weighted by atomic mass is 9.94. The lowest BCUT2D eigenvalue weighted by Crippen LogP contribution is -2.40. The number of rotatable bonds is 6. The van der Waals surface area contributed by atoms with Crippen LogP contribution in [0.1, 0.15) is 54.7 Å². The number of aryl methyl sites for hydroxylation is 2. The third-order valence-corrected chi connectivity index (χ3v) is 6.29.